The third-order valence-corrected chi connectivity index (χ3v) is 5.44. The van der Waals surface area contributed by atoms with Crippen LogP contribution < -0.4 is 5.32 Å². The molecule has 0 spiro atoms. The summed E-state index contributed by atoms with van der Waals surface area (Å²) in [7, 11) is 0. The number of hydrogen-bond acceptors (Lipinski definition) is 3. The highest BCUT2D eigenvalue weighted by molar-refractivity contribution is 7.98. The van der Waals surface area contributed by atoms with Crippen LogP contribution in [0.4, 0.5) is 14.5 Å². The van der Waals surface area contributed by atoms with Crippen molar-refractivity contribution in [1.82, 2.24) is 0 Å². The fourth-order valence-corrected chi connectivity index (χ4v) is 3.83. The first-order valence-corrected chi connectivity index (χ1v) is 9.74. The molecule has 142 valence electrons. The third kappa shape index (κ3) is 5.29. The SMILES string of the molecule is O=C(O)CCSCc1cccc(NC(=O)C2CC2c2ccc(F)cc2F)c1. The van der Waals surface area contributed by atoms with Crippen molar-refractivity contribution in [3.05, 3.63) is 65.2 Å². The van der Waals surface area contributed by atoms with Gasteiger partial charge >= 0.3 is 5.97 Å². The number of carbonyl (C=O) groups is 2. The Bertz CT molecular complexity index is 859. The Balaban J connectivity index is 1.54. The summed E-state index contributed by atoms with van der Waals surface area (Å²) in [6, 6.07) is 10.8. The Morgan fingerprint density at radius 2 is 2.00 bits per heavy atom. The molecule has 1 aliphatic rings. The monoisotopic (exact) mass is 391 g/mol. The van der Waals surface area contributed by atoms with Crippen molar-refractivity contribution in [3.8, 4) is 0 Å². The Morgan fingerprint density at radius 3 is 2.74 bits per heavy atom. The normalized spacial score (nSPS) is 18.1. The largest absolute Gasteiger partial charge is 0.481 e. The molecule has 2 aromatic rings. The minimum absolute atomic E-state index is 0.115. The number of carboxylic acids is 1. The van der Waals surface area contributed by atoms with E-state index in [9.17, 15) is 18.4 Å². The lowest BCUT2D eigenvalue weighted by Gasteiger charge is -2.08. The smallest absolute Gasteiger partial charge is 0.304 e. The van der Waals surface area contributed by atoms with Gasteiger partial charge in [0, 0.05) is 29.2 Å². The number of carbonyl (C=O) groups excluding carboxylic acids is 1. The zero-order valence-corrected chi connectivity index (χ0v) is 15.3. The number of rotatable bonds is 8. The van der Waals surface area contributed by atoms with Crippen LogP contribution in [-0.4, -0.2) is 22.7 Å². The van der Waals surface area contributed by atoms with Gasteiger partial charge in [0.1, 0.15) is 11.6 Å². The van der Waals surface area contributed by atoms with Gasteiger partial charge in [0.2, 0.25) is 5.91 Å². The molecular formula is C20H19F2NO3S. The second-order valence-electron chi connectivity index (χ2n) is 6.50. The van der Waals surface area contributed by atoms with E-state index in [4.69, 9.17) is 5.11 Å². The summed E-state index contributed by atoms with van der Waals surface area (Å²) in [6.07, 6.45) is 0.656. The van der Waals surface area contributed by atoms with Gasteiger partial charge in [0.05, 0.1) is 6.42 Å². The van der Waals surface area contributed by atoms with Crippen molar-refractivity contribution in [2.24, 2.45) is 5.92 Å². The zero-order valence-electron chi connectivity index (χ0n) is 14.5. The molecule has 0 radical (unpaired) electrons. The number of hydrogen-bond donors (Lipinski definition) is 2. The summed E-state index contributed by atoms with van der Waals surface area (Å²) < 4.78 is 26.9. The molecule has 2 aromatic carbocycles. The molecule has 0 heterocycles. The Hall–Kier alpha value is -2.41. The van der Waals surface area contributed by atoms with E-state index in [0.29, 0.717) is 29.2 Å². The van der Waals surface area contributed by atoms with E-state index in [1.165, 1.54) is 23.9 Å². The molecule has 2 atom stereocenters. The molecule has 0 bridgehead atoms. The Kier molecular flexibility index (Phi) is 6.11. The maximum atomic E-state index is 13.8. The van der Waals surface area contributed by atoms with Gasteiger partial charge in [-0.25, -0.2) is 8.78 Å². The van der Waals surface area contributed by atoms with Gasteiger partial charge in [-0.3, -0.25) is 9.59 Å². The summed E-state index contributed by atoms with van der Waals surface area (Å²) >= 11 is 1.52. The van der Waals surface area contributed by atoms with E-state index in [-0.39, 0.29) is 24.2 Å². The molecule has 3 rings (SSSR count). The summed E-state index contributed by atoms with van der Waals surface area (Å²) in [4.78, 5) is 22.9. The molecule has 0 aromatic heterocycles. The fourth-order valence-electron chi connectivity index (χ4n) is 2.95. The van der Waals surface area contributed by atoms with Gasteiger partial charge in [-0.1, -0.05) is 18.2 Å². The highest BCUT2D eigenvalue weighted by Gasteiger charge is 2.45. The average molecular weight is 391 g/mol. The van der Waals surface area contributed by atoms with E-state index in [1.54, 1.807) is 6.07 Å². The minimum atomic E-state index is -0.819. The molecule has 1 amide bonds. The standard InChI is InChI=1S/C20H19F2NO3S/c21-13-4-5-15(18(22)9-13)16-10-17(16)20(26)23-14-3-1-2-12(8-14)11-27-7-6-19(24)25/h1-5,8-9,16-17H,6-7,10-11H2,(H,23,26)(H,24,25). The van der Waals surface area contributed by atoms with Crippen LogP contribution in [-0.2, 0) is 15.3 Å². The second-order valence-corrected chi connectivity index (χ2v) is 7.61. The number of benzene rings is 2. The summed E-state index contributed by atoms with van der Waals surface area (Å²) in [5.74, 6) is -1.60. The molecule has 2 unspecified atom stereocenters. The van der Waals surface area contributed by atoms with Gasteiger partial charge in [-0.05, 0) is 41.7 Å². The molecule has 1 saturated carbocycles. The van der Waals surface area contributed by atoms with E-state index >= 15 is 0 Å². The summed E-state index contributed by atoms with van der Waals surface area (Å²) in [5.41, 5.74) is 2.02. The summed E-state index contributed by atoms with van der Waals surface area (Å²) in [5, 5.41) is 11.5. The highest BCUT2D eigenvalue weighted by Crippen LogP contribution is 2.48. The van der Waals surface area contributed by atoms with Crippen LogP contribution in [0.3, 0.4) is 0 Å². The minimum Gasteiger partial charge on any atom is -0.481 e. The van der Waals surface area contributed by atoms with Crippen LogP contribution in [0.25, 0.3) is 0 Å². The molecule has 27 heavy (non-hydrogen) atoms. The molecule has 0 aliphatic heterocycles. The third-order valence-electron chi connectivity index (χ3n) is 4.41. The van der Waals surface area contributed by atoms with E-state index in [2.05, 4.69) is 5.32 Å². The van der Waals surface area contributed by atoms with Crippen molar-refractivity contribution < 1.29 is 23.5 Å². The number of nitrogens with one attached hydrogen (secondary N) is 1. The van der Waals surface area contributed by atoms with Crippen molar-refractivity contribution in [2.45, 2.75) is 24.5 Å². The van der Waals surface area contributed by atoms with Crippen LogP contribution in [0.5, 0.6) is 0 Å². The lowest BCUT2D eigenvalue weighted by atomic mass is 10.1. The van der Waals surface area contributed by atoms with Crippen molar-refractivity contribution >= 4 is 29.3 Å². The van der Waals surface area contributed by atoms with Gasteiger partial charge in [0.25, 0.3) is 0 Å². The quantitative estimate of drug-likeness (QED) is 0.654. The number of thioether (sulfide) groups is 1. The van der Waals surface area contributed by atoms with Crippen LogP contribution in [0.2, 0.25) is 0 Å². The number of halogens is 2. The van der Waals surface area contributed by atoms with Crippen molar-refractivity contribution in [3.63, 3.8) is 0 Å². The first-order chi connectivity index (χ1) is 12.9. The average Bonchev–Trinajstić information content (AvgIpc) is 3.39. The first kappa shape index (κ1) is 19.4. The maximum Gasteiger partial charge on any atom is 0.304 e. The Morgan fingerprint density at radius 1 is 1.19 bits per heavy atom. The molecule has 7 heteroatoms. The lowest BCUT2D eigenvalue weighted by molar-refractivity contribution is -0.136. The van der Waals surface area contributed by atoms with Crippen molar-refractivity contribution in [2.75, 3.05) is 11.1 Å². The molecule has 1 fully saturated rings. The number of amides is 1. The molecule has 0 saturated heterocycles. The Labute approximate surface area is 160 Å². The van der Waals surface area contributed by atoms with Crippen LogP contribution in [0, 0.1) is 17.6 Å². The highest BCUT2D eigenvalue weighted by atomic mass is 32.2. The predicted octanol–water partition coefficient (Wildman–Crippen LogP) is 4.41. The van der Waals surface area contributed by atoms with E-state index in [1.807, 2.05) is 18.2 Å². The molecular weight excluding hydrogens is 372 g/mol. The van der Waals surface area contributed by atoms with E-state index in [0.717, 1.165) is 11.6 Å². The zero-order chi connectivity index (χ0) is 19.4. The molecule has 1 aliphatic carbocycles. The van der Waals surface area contributed by atoms with Crippen LogP contribution in [0.1, 0.15) is 29.9 Å². The van der Waals surface area contributed by atoms with Crippen LogP contribution >= 0.6 is 11.8 Å². The van der Waals surface area contributed by atoms with Gasteiger partial charge in [-0.15, -0.1) is 0 Å². The van der Waals surface area contributed by atoms with Crippen molar-refractivity contribution in [1.29, 1.82) is 0 Å². The van der Waals surface area contributed by atoms with Gasteiger partial charge < -0.3 is 10.4 Å². The summed E-state index contributed by atoms with van der Waals surface area (Å²) in [6.45, 7) is 0. The second kappa shape index (κ2) is 8.52. The first-order valence-electron chi connectivity index (χ1n) is 8.58. The number of aliphatic carboxylic acids is 1. The van der Waals surface area contributed by atoms with Gasteiger partial charge in [0.15, 0.2) is 0 Å². The predicted molar refractivity (Wildman–Crippen MR) is 101 cm³/mol. The number of anilines is 1. The number of carboxylic acid groups (broad SMARTS) is 1. The van der Waals surface area contributed by atoms with Crippen LogP contribution in [0.15, 0.2) is 42.5 Å². The maximum absolute atomic E-state index is 13.8. The lowest BCUT2D eigenvalue weighted by Crippen LogP contribution is -2.14. The van der Waals surface area contributed by atoms with Gasteiger partial charge in [-0.2, -0.15) is 11.8 Å². The topological polar surface area (TPSA) is 66.4 Å². The molecule has 4 nitrogen and oxygen atoms in total. The molecule has 2 N–H and O–H groups in total. The fraction of sp³-hybridized carbons (Fsp3) is 0.300. The van der Waals surface area contributed by atoms with E-state index < -0.39 is 17.6 Å².